The Kier molecular flexibility index (Phi) is 4.51. The summed E-state index contributed by atoms with van der Waals surface area (Å²) in [4.78, 5) is 25.9. The third kappa shape index (κ3) is 3.79. The molecular weight excluding hydrogens is 404 g/mol. The Morgan fingerprint density at radius 3 is 2.83 bits per heavy atom. The van der Waals surface area contributed by atoms with Gasteiger partial charge in [0, 0.05) is 24.4 Å². The van der Waals surface area contributed by atoms with E-state index in [1.807, 2.05) is 6.07 Å². The van der Waals surface area contributed by atoms with Gasteiger partial charge in [0.2, 0.25) is 0 Å². The van der Waals surface area contributed by atoms with Crippen LogP contribution in [0.1, 0.15) is 18.4 Å². The van der Waals surface area contributed by atoms with Crippen LogP contribution in [0.5, 0.6) is 0 Å². The van der Waals surface area contributed by atoms with Crippen LogP contribution in [0.25, 0.3) is 18.3 Å². The fourth-order valence-electron chi connectivity index (χ4n) is 3.14. The van der Waals surface area contributed by atoms with Crippen molar-refractivity contribution in [3.8, 4) is 0 Å². The Bertz CT molecular complexity index is 1380. The molecule has 30 heavy (non-hydrogen) atoms. The predicted octanol–water partition coefficient (Wildman–Crippen LogP) is 1.60. The van der Waals surface area contributed by atoms with Crippen molar-refractivity contribution < 1.29 is 0 Å². The highest BCUT2D eigenvalue weighted by Crippen LogP contribution is 2.29. The first kappa shape index (κ1) is 18.4. The number of aromatic amines is 2. The number of nitrogens with one attached hydrogen (secondary N) is 4. The maximum Gasteiger partial charge on any atom is 0.323 e. The van der Waals surface area contributed by atoms with Crippen LogP contribution in [-0.4, -0.2) is 36.1 Å². The standard InChI is InChI=1S/C20H19ClN8O/c1-11-15(26-20(30)25-11)6-13-9-24-29-18(23-8-12-2-3-12)7-17(28-19(13)29)27-16-5-4-14(21)10-22-16/h4-7,9-10,12,23H,1-3,8H2,(H,22,27,28)(H2,25,26,30)/b15-6-. The SMILES string of the molecule is C=c1[nH]c(=O)[nH]/c1=C\c1cnn2c(NCC3CC3)cc(Nc3ccc(Cl)cn3)nc12. The highest BCUT2D eigenvalue weighted by Gasteiger charge is 2.21. The minimum Gasteiger partial charge on any atom is -0.370 e. The second-order valence-electron chi connectivity index (χ2n) is 7.29. The van der Waals surface area contributed by atoms with E-state index in [0.29, 0.717) is 38.9 Å². The zero-order chi connectivity index (χ0) is 20.7. The van der Waals surface area contributed by atoms with Crippen molar-refractivity contribution in [3.63, 3.8) is 0 Å². The van der Waals surface area contributed by atoms with Crippen molar-refractivity contribution in [2.24, 2.45) is 5.92 Å². The van der Waals surface area contributed by atoms with E-state index in [2.05, 4.69) is 37.3 Å². The molecule has 0 radical (unpaired) electrons. The molecule has 9 nitrogen and oxygen atoms in total. The number of H-pyrrole nitrogens is 2. The summed E-state index contributed by atoms with van der Waals surface area (Å²) in [6.07, 6.45) is 7.56. The van der Waals surface area contributed by atoms with Gasteiger partial charge in [0.05, 0.1) is 21.9 Å². The van der Waals surface area contributed by atoms with Crippen molar-refractivity contribution in [2.45, 2.75) is 12.8 Å². The van der Waals surface area contributed by atoms with Gasteiger partial charge in [0.15, 0.2) is 5.65 Å². The summed E-state index contributed by atoms with van der Waals surface area (Å²) in [6, 6.07) is 5.44. The number of halogens is 1. The molecule has 4 aromatic rings. The number of aromatic nitrogens is 6. The smallest absolute Gasteiger partial charge is 0.323 e. The molecule has 0 aliphatic heterocycles. The lowest BCUT2D eigenvalue weighted by molar-refractivity contribution is 0.857. The van der Waals surface area contributed by atoms with Crippen molar-refractivity contribution in [1.29, 1.82) is 0 Å². The first-order chi connectivity index (χ1) is 14.5. The van der Waals surface area contributed by atoms with Crippen molar-refractivity contribution in [3.05, 3.63) is 62.4 Å². The van der Waals surface area contributed by atoms with Gasteiger partial charge in [-0.25, -0.2) is 14.8 Å². The molecule has 1 aliphatic rings. The number of rotatable bonds is 6. The Morgan fingerprint density at radius 1 is 1.27 bits per heavy atom. The van der Waals surface area contributed by atoms with Crippen LogP contribution >= 0.6 is 11.6 Å². The van der Waals surface area contributed by atoms with E-state index in [1.54, 1.807) is 35.1 Å². The van der Waals surface area contributed by atoms with E-state index < -0.39 is 0 Å². The quantitative estimate of drug-likeness (QED) is 0.375. The van der Waals surface area contributed by atoms with Gasteiger partial charge in [-0.1, -0.05) is 18.2 Å². The summed E-state index contributed by atoms with van der Waals surface area (Å²) in [5.74, 6) is 2.76. The van der Waals surface area contributed by atoms with Gasteiger partial charge in [0.1, 0.15) is 17.5 Å². The fourth-order valence-corrected chi connectivity index (χ4v) is 3.25. The predicted molar refractivity (Wildman–Crippen MR) is 116 cm³/mol. The average Bonchev–Trinajstić information content (AvgIpc) is 3.39. The van der Waals surface area contributed by atoms with Crippen LogP contribution in [0.3, 0.4) is 0 Å². The molecule has 0 saturated heterocycles. The van der Waals surface area contributed by atoms with Gasteiger partial charge in [0.25, 0.3) is 0 Å². The summed E-state index contributed by atoms with van der Waals surface area (Å²) in [5, 5.41) is 12.8. The van der Waals surface area contributed by atoms with Gasteiger partial charge in [-0.15, -0.1) is 0 Å². The summed E-state index contributed by atoms with van der Waals surface area (Å²) in [7, 11) is 0. The number of imidazole rings is 1. The van der Waals surface area contributed by atoms with E-state index in [1.165, 1.54) is 12.8 Å². The molecular formula is C20H19ClN8O. The molecule has 4 N–H and O–H groups in total. The Morgan fingerprint density at radius 2 is 2.13 bits per heavy atom. The van der Waals surface area contributed by atoms with Gasteiger partial charge in [-0.2, -0.15) is 9.61 Å². The van der Waals surface area contributed by atoms with Crippen LogP contribution in [0.4, 0.5) is 17.5 Å². The highest BCUT2D eigenvalue weighted by atomic mass is 35.5. The minimum atomic E-state index is -0.307. The van der Waals surface area contributed by atoms with Gasteiger partial charge in [-0.05, 0) is 37.0 Å². The maximum absolute atomic E-state index is 11.5. The number of hydrogen-bond acceptors (Lipinski definition) is 6. The molecule has 4 heterocycles. The number of pyridine rings is 1. The topological polar surface area (TPSA) is 116 Å². The Hall–Kier alpha value is -3.59. The van der Waals surface area contributed by atoms with E-state index in [9.17, 15) is 4.79 Å². The lowest BCUT2D eigenvalue weighted by atomic mass is 10.3. The van der Waals surface area contributed by atoms with Gasteiger partial charge >= 0.3 is 5.69 Å². The van der Waals surface area contributed by atoms with Crippen LogP contribution < -0.4 is 27.0 Å². The third-order valence-corrected chi connectivity index (χ3v) is 5.11. The van der Waals surface area contributed by atoms with Crippen molar-refractivity contribution in [2.75, 3.05) is 17.2 Å². The zero-order valence-corrected chi connectivity index (χ0v) is 16.7. The number of nitrogens with zero attached hydrogens (tertiary/aromatic N) is 4. The first-order valence-electron chi connectivity index (χ1n) is 9.55. The average molecular weight is 423 g/mol. The van der Waals surface area contributed by atoms with E-state index >= 15 is 0 Å². The van der Waals surface area contributed by atoms with E-state index in [0.717, 1.165) is 17.9 Å². The molecule has 1 aliphatic carbocycles. The highest BCUT2D eigenvalue weighted by molar-refractivity contribution is 6.30. The number of anilines is 3. The van der Waals surface area contributed by atoms with E-state index in [-0.39, 0.29) is 5.69 Å². The summed E-state index contributed by atoms with van der Waals surface area (Å²) < 4.78 is 1.75. The molecule has 4 aromatic heterocycles. The summed E-state index contributed by atoms with van der Waals surface area (Å²) >= 11 is 5.93. The third-order valence-electron chi connectivity index (χ3n) is 4.89. The Labute approximate surface area is 175 Å². The largest absolute Gasteiger partial charge is 0.370 e. The number of fused-ring (bicyclic) bond motifs is 1. The monoisotopic (exact) mass is 422 g/mol. The molecule has 5 rings (SSSR count). The molecule has 10 heteroatoms. The molecule has 0 unspecified atom stereocenters. The lowest BCUT2D eigenvalue weighted by Crippen LogP contribution is -2.22. The molecule has 152 valence electrons. The molecule has 1 fully saturated rings. The zero-order valence-electron chi connectivity index (χ0n) is 15.9. The number of hydrogen-bond donors (Lipinski definition) is 4. The van der Waals surface area contributed by atoms with Gasteiger partial charge < -0.3 is 20.6 Å². The molecule has 0 bridgehead atoms. The molecule has 0 amide bonds. The van der Waals surface area contributed by atoms with Gasteiger partial charge in [-0.3, -0.25) is 0 Å². The minimum absolute atomic E-state index is 0.307. The molecule has 1 saturated carbocycles. The Balaban J connectivity index is 1.59. The lowest BCUT2D eigenvalue weighted by Gasteiger charge is -2.11. The summed E-state index contributed by atoms with van der Waals surface area (Å²) in [5.41, 5.74) is 1.07. The molecule has 0 spiro atoms. The first-order valence-corrected chi connectivity index (χ1v) is 9.93. The maximum atomic E-state index is 11.5. The van der Waals surface area contributed by atoms with Crippen molar-refractivity contribution >= 4 is 47.4 Å². The molecule has 0 aromatic carbocycles. The molecule has 0 atom stereocenters. The van der Waals surface area contributed by atoms with E-state index in [4.69, 9.17) is 16.6 Å². The van der Waals surface area contributed by atoms with Crippen LogP contribution in [-0.2, 0) is 0 Å². The summed E-state index contributed by atoms with van der Waals surface area (Å²) in [6.45, 7) is 4.73. The second kappa shape index (κ2) is 7.34. The second-order valence-corrected chi connectivity index (χ2v) is 7.73. The van der Waals surface area contributed by atoms with Crippen LogP contribution in [0.2, 0.25) is 5.02 Å². The van der Waals surface area contributed by atoms with Crippen LogP contribution in [0.15, 0.2) is 35.4 Å². The van der Waals surface area contributed by atoms with Crippen molar-refractivity contribution in [1.82, 2.24) is 29.5 Å². The normalized spacial score (nSPS) is 14.4. The fraction of sp³-hybridized carbons (Fsp3) is 0.200. The van der Waals surface area contributed by atoms with Crippen LogP contribution in [0, 0.1) is 5.92 Å².